The van der Waals surface area contributed by atoms with E-state index in [1.165, 1.54) is 0 Å². The molecular weight excluding hydrogens is 314 g/mol. The first kappa shape index (κ1) is 15.3. The molecule has 0 aliphatic carbocycles. The van der Waals surface area contributed by atoms with Gasteiger partial charge < -0.3 is 9.64 Å². The predicted molar refractivity (Wildman–Crippen MR) is 94.1 cm³/mol. The lowest BCUT2D eigenvalue weighted by Crippen LogP contribution is -2.32. The summed E-state index contributed by atoms with van der Waals surface area (Å²) in [4.78, 5) is 23.2. The molecule has 0 fully saturated rings. The van der Waals surface area contributed by atoms with Crippen molar-refractivity contribution < 1.29 is 9.53 Å². The summed E-state index contributed by atoms with van der Waals surface area (Å²) in [5, 5.41) is 0. The lowest BCUT2D eigenvalue weighted by atomic mass is 10.0. The minimum atomic E-state index is -0.0577. The van der Waals surface area contributed by atoms with E-state index < -0.39 is 0 Å². The molecule has 3 aromatic rings. The van der Waals surface area contributed by atoms with Gasteiger partial charge in [0.1, 0.15) is 18.2 Å². The highest BCUT2D eigenvalue weighted by Crippen LogP contribution is 2.29. The minimum absolute atomic E-state index is 0.0577. The van der Waals surface area contributed by atoms with Gasteiger partial charge in [-0.05, 0) is 29.3 Å². The van der Waals surface area contributed by atoms with Crippen molar-refractivity contribution >= 4 is 5.91 Å². The van der Waals surface area contributed by atoms with Gasteiger partial charge in [-0.1, -0.05) is 36.4 Å². The summed E-state index contributed by atoms with van der Waals surface area (Å²) in [5.41, 5.74) is 2.64. The molecule has 1 aromatic heterocycles. The number of fused-ring (bicyclic) bond motifs is 1. The second-order valence-electron chi connectivity index (χ2n) is 5.82. The number of nitrogens with zero attached hydrogens (tertiary/aromatic N) is 3. The van der Waals surface area contributed by atoms with Gasteiger partial charge in [-0.2, -0.15) is 0 Å². The third-order valence-corrected chi connectivity index (χ3v) is 4.17. The largest absolute Gasteiger partial charge is 0.491 e. The number of aromatic nitrogens is 2. The number of benzene rings is 2. The third-order valence-electron chi connectivity index (χ3n) is 4.17. The maximum absolute atomic E-state index is 13.0. The van der Waals surface area contributed by atoms with Crippen molar-refractivity contribution in [3.8, 4) is 16.9 Å². The van der Waals surface area contributed by atoms with Gasteiger partial charge in [0.2, 0.25) is 0 Å². The van der Waals surface area contributed by atoms with Gasteiger partial charge in [0.15, 0.2) is 0 Å². The van der Waals surface area contributed by atoms with Crippen molar-refractivity contribution in [1.82, 2.24) is 14.9 Å². The molecule has 124 valence electrons. The van der Waals surface area contributed by atoms with Crippen LogP contribution in [-0.4, -0.2) is 33.9 Å². The summed E-state index contributed by atoms with van der Waals surface area (Å²) in [7, 11) is 0. The van der Waals surface area contributed by atoms with Gasteiger partial charge in [0.25, 0.3) is 5.91 Å². The zero-order valence-electron chi connectivity index (χ0n) is 13.6. The number of hydrogen-bond donors (Lipinski definition) is 0. The average molecular weight is 331 g/mol. The van der Waals surface area contributed by atoms with Crippen LogP contribution in [0.25, 0.3) is 11.1 Å². The van der Waals surface area contributed by atoms with Gasteiger partial charge >= 0.3 is 0 Å². The van der Waals surface area contributed by atoms with Gasteiger partial charge in [-0.3, -0.25) is 4.79 Å². The summed E-state index contributed by atoms with van der Waals surface area (Å²) < 4.78 is 5.77. The lowest BCUT2D eigenvalue weighted by molar-refractivity contribution is 0.0738. The molecule has 0 atom stereocenters. The molecule has 25 heavy (non-hydrogen) atoms. The molecule has 0 saturated carbocycles. The smallest absolute Gasteiger partial charge is 0.258 e. The molecule has 0 bridgehead atoms. The zero-order chi connectivity index (χ0) is 17.1. The van der Waals surface area contributed by atoms with E-state index in [1.807, 2.05) is 48.5 Å². The molecule has 2 aromatic carbocycles. The van der Waals surface area contributed by atoms with E-state index >= 15 is 0 Å². The van der Waals surface area contributed by atoms with Crippen molar-refractivity contribution in [3.63, 3.8) is 0 Å². The Morgan fingerprint density at radius 3 is 2.56 bits per heavy atom. The summed E-state index contributed by atoms with van der Waals surface area (Å²) in [6.45, 7) is 1.33. The van der Waals surface area contributed by atoms with Crippen LogP contribution < -0.4 is 4.74 Å². The van der Waals surface area contributed by atoms with Crippen LogP contribution in [0.5, 0.6) is 5.75 Å². The molecule has 0 unspecified atom stereocenters. The maximum atomic E-state index is 13.0. The van der Waals surface area contributed by atoms with Crippen LogP contribution in [0, 0.1) is 0 Å². The molecule has 0 radical (unpaired) electrons. The Bertz CT molecular complexity index is 882. The molecule has 4 rings (SSSR count). The van der Waals surface area contributed by atoms with Crippen LogP contribution in [0.4, 0.5) is 0 Å². The summed E-state index contributed by atoms with van der Waals surface area (Å²) in [6, 6.07) is 17.5. The molecule has 0 N–H and O–H groups in total. The van der Waals surface area contributed by atoms with Crippen LogP contribution in [-0.2, 0) is 6.54 Å². The molecule has 1 aliphatic rings. The maximum Gasteiger partial charge on any atom is 0.258 e. The van der Waals surface area contributed by atoms with Crippen LogP contribution >= 0.6 is 0 Å². The number of rotatable bonds is 3. The third kappa shape index (κ3) is 3.21. The Morgan fingerprint density at radius 1 is 0.960 bits per heavy atom. The number of carbonyl (C=O) groups excluding carboxylic acids is 1. The van der Waals surface area contributed by atoms with Crippen molar-refractivity contribution in [2.24, 2.45) is 0 Å². The van der Waals surface area contributed by atoms with Crippen LogP contribution in [0.15, 0.2) is 67.0 Å². The van der Waals surface area contributed by atoms with Crippen molar-refractivity contribution in [1.29, 1.82) is 0 Å². The van der Waals surface area contributed by atoms with Gasteiger partial charge in [-0.15, -0.1) is 0 Å². The van der Waals surface area contributed by atoms with Gasteiger partial charge in [-0.25, -0.2) is 9.97 Å². The van der Waals surface area contributed by atoms with Crippen LogP contribution in [0.1, 0.15) is 16.2 Å². The highest BCUT2D eigenvalue weighted by Gasteiger charge is 2.24. The predicted octanol–water partition coefficient (Wildman–Crippen LogP) is 3.18. The van der Waals surface area contributed by atoms with E-state index in [9.17, 15) is 4.79 Å². The molecule has 5 nitrogen and oxygen atoms in total. The first-order chi connectivity index (χ1) is 12.3. The Balaban J connectivity index is 1.67. The number of amides is 1. The van der Waals surface area contributed by atoms with E-state index in [-0.39, 0.29) is 5.91 Å². The fraction of sp³-hybridized carbons (Fsp3) is 0.150. The Kier molecular flexibility index (Phi) is 4.12. The number of ether oxygens (including phenoxy) is 1. The lowest BCUT2D eigenvalue weighted by Gasteiger charge is -2.19. The Labute approximate surface area is 145 Å². The van der Waals surface area contributed by atoms with Gasteiger partial charge in [0.05, 0.1) is 18.7 Å². The topological polar surface area (TPSA) is 55.3 Å². The highest BCUT2D eigenvalue weighted by molar-refractivity contribution is 5.98. The minimum Gasteiger partial charge on any atom is -0.491 e. The SMILES string of the molecule is O=C1c2cc(-c3ccccc3)ccc2OCCN1Cc1ncccn1. The summed E-state index contributed by atoms with van der Waals surface area (Å²) in [6.07, 6.45) is 3.37. The van der Waals surface area contributed by atoms with Crippen molar-refractivity contribution in [2.45, 2.75) is 6.54 Å². The molecule has 2 heterocycles. The second-order valence-corrected chi connectivity index (χ2v) is 5.82. The molecule has 1 aliphatic heterocycles. The van der Waals surface area contributed by atoms with Crippen LogP contribution in [0.2, 0.25) is 0 Å². The van der Waals surface area contributed by atoms with Gasteiger partial charge in [0, 0.05) is 12.4 Å². The number of hydrogen-bond acceptors (Lipinski definition) is 4. The molecule has 1 amide bonds. The van der Waals surface area contributed by atoms with E-state index in [4.69, 9.17) is 4.74 Å². The molecule has 0 spiro atoms. The zero-order valence-corrected chi connectivity index (χ0v) is 13.6. The molecule has 0 saturated heterocycles. The van der Waals surface area contributed by atoms with E-state index in [0.29, 0.717) is 36.8 Å². The Morgan fingerprint density at radius 2 is 1.76 bits per heavy atom. The summed E-state index contributed by atoms with van der Waals surface area (Å²) >= 11 is 0. The number of carbonyl (C=O) groups is 1. The van der Waals surface area contributed by atoms with Crippen LogP contribution in [0.3, 0.4) is 0 Å². The first-order valence-electron chi connectivity index (χ1n) is 8.19. The molecular formula is C20H17N3O2. The van der Waals surface area contributed by atoms with Crippen molar-refractivity contribution in [2.75, 3.05) is 13.2 Å². The fourth-order valence-corrected chi connectivity index (χ4v) is 2.90. The average Bonchev–Trinajstić information content (AvgIpc) is 2.82. The van der Waals surface area contributed by atoms with E-state index in [2.05, 4.69) is 9.97 Å². The Hall–Kier alpha value is -3.21. The van der Waals surface area contributed by atoms with E-state index in [1.54, 1.807) is 23.4 Å². The quantitative estimate of drug-likeness (QED) is 0.740. The summed E-state index contributed by atoms with van der Waals surface area (Å²) in [5.74, 6) is 1.19. The highest BCUT2D eigenvalue weighted by atomic mass is 16.5. The second kappa shape index (κ2) is 6.73. The first-order valence-corrected chi connectivity index (χ1v) is 8.19. The fourth-order valence-electron chi connectivity index (χ4n) is 2.90. The monoisotopic (exact) mass is 331 g/mol. The standard InChI is InChI=1S/C20H17N3O2/c24-20-17-13-16(15-5-2-1-3-6-15)7-8-18(17)25-12-11-23(20)14-19-21-9-4-10-22-19/h1-10,13H,11-12,14H2. The van der Waals surface area contributed by atoms with E-state index in [0.717, 1.165) is 11.1 Å². The molecule has 5 heteroatoms. The normalized spacial score (nSPS) is 13.8. The van der Waals surface area contributed by atoms with Crippen molar-refractivity contribution in [3.05, 3.63) is 78.4 Å².